The van der Waals surface area contributed by atoms with Gasteiger partial charge in [0.15, 0.2) is 5.69 Å². The van der Waals surface area contributed by atoms with Crippen molar-refractivity contribution >= 4 is 17.3 Å². The molecule has 28 heavy (non-hydrogen) atoms. The number of hydrogen-bond donors (Lipinski definition) is 1. The zero-order valence-electron chi connectivity index (χ0n) is 16.0. The minimum atomic E-state index is -0.262. The number of aryl methyl sites for hydroxylation is 1. The number of benzene rings is 2. The Morgan fingerprint density at radius 2 is 1.75 bits per heavy atom. The van der Waals surface area contributed by atoms with Crippen LogP contribution in [-0.4, -0.2) is 42.1 Å². The van der Waals surface area contributed by atoms with E-state index in [9.17, 15) is 4.79 Å². The van der Waals surface area contributed by atoms with E-state index < -0.39 is 0 Å². The Bertz CT molecular complexity index is 913. The summed E-state index contributed by atoms with van der Waals surface area (Å²) in [4.78, 5) is 17.0. The summed E-state index contributed by atoms with van der Waals surface area (Å²) in [5, 5.41) is 6.58. The Hall–Kier alpha value is -3.12. The predicted octanol–water partition coefficient (Wildman–Crippen LogP) is 3.56. The van der Waals surface area contributed by atoms with E-state index in [0.717, 1.165) is 38.4 Å². The van der Waals surface area contributed by atoms with Crippen molar-refractivity contribution in [1.82, 2.24) is 10.1 Å². The first kappa shape index (κ1) is 18.3. The lowest BCUT2D eigenvalue weighted by molar-refractivity contribution is 0.101. The van der Waals surface area contributed by atoms with Crippen LogP contribution in [0.5, 0.6) is 0 Å². The number of carbonyl (C=O) groups is 1. The predicted molar refractivity (Wildman–Crippen MR) is 110 cm³/mol. The Labute approximate surface area is 164 Å². The van der Waals surface area contributed by atoms with Crippen molar-refractivity contribution in [2.75, 3.05) is 36.4 Å². The molecule has 1 saturated heterocycles. The van der Waals surface area contributed by atoms with Crippen LogP contribution in [-0.2, 0) is 6.54 Å². The highest BCUT2D eigenvalue weighted by Gasteiger charge is 2.17. The largest absolute Gasteiger partial charge is 0.369 e. The smallest absolute Gasteiger partial charge is 0.277 e. The standard InChI is InChI=1S/C22H24N4O2/c1-17-15-21(24-28-17)22(27)23-19-9-7-18(8-10-19)16-25-11-13-26(14-12-25)20-5-3-2-4-6-20/h2-10,15H,11-14,16H2,1H3,(H,23,27). The number of para-hydroxylation sites is 1. The van der Waals surface area contributed by atoms with Crippen molar-refractivity contribution in [2.45, 2.75) is 13.5 Å². The van der Waals surface area contributed by atoms with E-state index in [1.165, 1.54) is 11.3 Å². The van der Waals surface area contributed by atoms with E-state index in [1.807, 2.05) is 12.1 Å². The van der Waals surface area contributed by atoms with Crippen LogP contribution in [0.2, 0.25) is 0 Å². The Kier molecular flexibility index (Phi) is 5.39. The van der Waals surface area contributed by atoms with Gasteiger partial charge in [0.1, 0.15) is 5.76 Å². The SMILES string of the molecule is Cc1cc(C(=O)Nc2ccc(CN3CCN(c4ccccc4)CC3)cc2)no1. The van der Waals surface area contributed by atoms with Crippen LogP contribution in [0.15, 0.2) is 65.2 Å². The molecule has 1 N–H and O–H groups in total. The summed E-state index contributed by atoms with van der Waals surface area (Å²) in [6.45, 7) is 6.83. The van der Waals surface area contributed by atoms with Crippen LogP contribution in [0.25, 0.3) is 0 Å². The van der Waals surface area contributed by atoms with Crippen molar-refractivity contribution in [3.05, 3.63) is 77.7 Å². The summed E-state index contributed by atoms with van der Waals surface area (Å²) < 4.78 is 4.94. The first-order chi connectivity index (χ1) is 13.7. The highest BCUT2D eigenvalue weighted by atomic mass is 16.5. The van der Waals surface area contributed by atoms with Gasteiger partial charge in [-0.15, -0.1) is 0 Å². The van der Waals surface area contributed by atoms with Crippen molar-refractivity contribution < 1.29 is 9.32 Å². The van der Waals surface area contributed by atoms with E-state index in [1.54, 1.807) is 13.0 Å². The lowest BCUT2D eigenvalue weighted by atomic mass is 10.1. The van der Waals surface area contributed by atoms with Gasteiger partial charge in [-0.3, -0.25) is 9.69 Å². The number of anilines is 2. The van der Waals surface area contributed by atoms with E-state index >= 15 is 0 Å². The lowest BCUT2D eigenvalue weighted by Crippen LogP contribution is -2.45. The van der Waals surface area contributed by atoms with Crippen molar-refractivity contribution in [2.24, 2.45) is 0 Å². The number of aromatic nitrogens is 1. The topological polar surface area (TPSA) is 61.6 Å². The normalized spacial score (nSPS) is 14.8. The first-order valence-electron chi connectivity index (χ1n) is 9.53. The maximum Gasteiger partial charge on any atom is 0.277 e. The van der Waals surface area contributed by atoms with Crippen LogP contribution < -0.4 is 10.2 Å². The van der Waals surface area contributed by atoms with Gasteiger partial charge < -0.3 is 14.7 Å². The number of hydrogen-bond acceptors (Lipinski definition) is 5. The van der Waals surface area contributed by atoms with Gasteiger partial charge >= 0.3 is 0 Å². The van der Waals surface area contributed by atoms with Crippen LogP contribution in [0.1, 0.15) is 21.8 Å². The van der Waals surface area contributed by atoms with Gasteiger partial charge in [-0.1, -0.05) is 35.5 Å². The fourth-order valence-corrected chi connectivity index (χ4v) is 3.42. The number of amides is 1. The summed E-state index contributed by atoms with van der Waals surface area (Å²) in [7, 11) is 0. The molecule has 1 aliphatic rings. The molecule has 144 valence electrons. The molecule has 0 aliphatic carbocycles. The molecule has 2 heterocycles. The maximum absolute atomic E-state index is 12.1. The molecule has 1 amide bonds. The maximum atomic E-state index is 12.1. The number of piperazine rings is 1. The van der Waals surface area contributed by atoms with Crippen LogP contribution >= 0.6 is 0 Å². The molecule has 0 spiro atoms. The number of carbonyl (C=O) groups excluding carboxylic acids is 1. The zero-order valence-corrected chi connectivity index (χ0v) is 16.0. The zero-order chi connectivity index (χ0) is 19.3. The quantitative estimate of drug-likeness (QED) is 0.738. The first-order valence-corrected chi connectivity index (χ1v) is 9.53. The Balaban J connectivity index is 1.28. The molecular weight excluding hydrogens is 352 g/mol. The third-order valence-corrected chi connectivity index (χ3v) is 4.97. The molecule has 2 aromatic carbocycles. The monoisotopic (exact) mass is 376 g/mol. The number of nitrogens with one attached hydrogen (secondary N) is 1. The molecular formula is C22H24N4O2. The van der Waals surface area contributed by atoms with Gasteiger partial charge in [0, 0.05) is 50.2 Å². The van der Waals surface area contributed by atoms with Gasteiger partial charge in [0.2, 0.25) is 0 Å². The fraction of sp³-hybridized carbons (Fsp3) is 0.273. The Morgan fingerprint density at radius 3 is 2.39 bits per heavy atom. The minimum absolute atomic E-state index is 0.262. The van der Waals surface area contributed by atoms with Gasteiger partial charge in [0.25, 0.3) is 5.91 Å². The lowest BCUT2D eigenvalue weighted by Gasteiger charge is -2.36. The molecule has 4 rings (SSSR count). The highest BCUT2D eigenvalue weighted by Crippen LogP contribution is 2.18. The second-order valence-corrected chi connectivity index (χ2v) is 7.07. The van der Waals surface area contributed by atoms with E-state index in [0.29, 0.717) is 5.76 Å². The summed E-state index contributed by atoms with van der Waals surface area (Å²) in [5.41, 5.74) is 3.58. The number of rotatable bonds is 5. The molecule has 0 bridgehead atoms. The minimum Gasteiger partial charge on any atom is -0.369 e. The van der Waals surface area contributed by atoms with Crippen LogP contribution in [0, 0.1) is 6.92 Å². The van der Waals surface area contributed by atoms with Crippen molar-refractivity contribution in [3.8, 4) is 0 Å². The van der Waals surface area contributed by atoms with Gasteiger partial charge in [-0.25, -0.2) is 0 Å². The molecule has 3 aromatic rings. The van der Waals surface area contributed by atoms with Crippen molar-refractivity contribution in [3.63, 3.8) is 0 Å². The van der Waals surface area contributed by atoms with Crippen LogP contribution in [0.4, 0.5) is 11.4 Å². The fourth-order valence-electron chi connectivity index (χ4n) is 3.42. The molecule has 6 heteroatoms. The second kappa shape index (κ2) is 8.27. The molecule has 6 nitrogen and oxygen atoms in total. The summed E-state index contributed by atoms with van der Waals surface area (Å²) in [5.74, 6) is 0.356. The molecule has 1 aliphatic heterocycles. The third-order valence-electron chi connectivity index (χ3n) is 4.97. The summed E-state index contributed by atoms with van der Waals surface area (Å²) in [6, 6.07) is 20.2. The third kappa shape index (κ3) is 4.40. The van der Waals surface area contributed by atoms with Gasteiger partial charge in [-0.05, 0) is 36.8 Å². The van der Waals surface area contributed by atoms with E-state index in [4.69, 9.17) is 4.52 Å². The second-order valence-electron chi connectivity index (χ2n) is 7.07. The molecule has 0 radical (unpaired) electrons. The average molecular weight is 376 g/mol. The van der Waals surface area contributed by atoms with Crippen LogP contribution in [0.3, 0.4) is 0 Å². The molecule has 0 saturated carbocycles. The molecule has 1 aromatic heterocycles. The van der Waals surface area contributed by atoms with Crippen molar-refractivity contribution in [1.29, 1.82) is 0 Å². The molecule has 1 fully saturated rings. The van der Waals surface area contributed by atoms with E-state index in [2.05, 4.69) is 62.7 Å². The Morgan fingerprint density at radius 1 is 1.04 bits per heavy atom. The van der Waals surface area contributed by atoms with Gasteiger partial charge in [0.05, 0.1) is 0 Å². The summed E-state index contributed by atoms with van der Waals surface area (Å²) >= 11 is 0. The molecule has 0 atom stereocenters. The van der Waals surface area contributed by atoms with E-state index in [-0.39, 0.29) is 11.6 Å². The van der Waals surface area contributed by atoms with Gasteiger partial charge in [-0.2, -0.15) is 0 Å². The number of nitrogens with zero attached hydrogens (tertiary/aromatic N) is 3. The average Bonchev–Trinajstić information content (AvgIpc) is 3.17. The summed E-state index contributed by atoms with van der Waals surface area (Å²) in [6.07, 6.45) is 0. The highest BCUT2D eigenvalue weighted by molar-refractivity contribution is 6.02. The molecule has 0 unspecified atom stereocenters.